The molecule has 0 bridgehead atoms. The zero-order valence-corrected chi connectivity index (χ0v) is 31.9. The van der Waals surface area contributed by atoms with E-state index in [9.17, 15) is 0 Å². The van der Waals surface area contributed by atoms with Crippen molar-refractivity contribution < 1.29 is 0 Å². The average Bonchev–Trinajstić information content (AvgIpc) is 3.31. The van der Waals surface area contributed by atoms with Gasteiger partial charge in [-0.2, -0.15) is 0 Å². The van der Waals surface area contributed by atoms with Crippen LogP contribution >= 0.6 is 0 Å². The first-order chi connectivity index (χ1) is 28.7. The molecule has 0 nitrogen and oxygen atoms in total. The van der Waals surface area contributed by atoms with Crippen molar-refractivity contribution in [3.8, 4) is 66.8 Å². The molecular weight excluding hydrogens is 697 g/mol. The summed E-state index contributed by atoms with van der Waals surface area (Å²) in [6, 6.07) is 84.7. The molecule has 0 aliphatic carbocycles. The fourth-order valence-corrected chi connectivity index (χ4v) is 8.89. The van der Waals surface area contributed by atoms with E-state index in [1.165, 1.54) is 110 Å². The molecule has 0 amide bonds. The van der Waals surface area contributed by atoms with Crippen molar-refractivity contribution in [1.82, 2.24) is 0 Å². The lowest BCUT2D eigenvalue weighted by molar-refractivity contribution is 1.62. The fourth-order valence-electron chi connectivity index (χ4n) is 8.89. The maximum atomic E-state index is 2.42. The Labute approximate surface area is 339 Å². The highest BCUT2D eigenvalue weighted by molar-refractivity contribution is 6.23. The zero-order valence-electron chi connectivity index (χ0n) is 31.9. The molecule has 11 aromatic carbocycles. The van der Waals surface area contributed by atoms with Crippen LogP contribution in [0.25, 0.3) is 110 Å². The van der Waals surface area contributed by atoms with Gasteiger partial charge in [0.05, 0.1) is 0 Å². The number of benzene rings is 11. The first kappa shape index (κ1) is 33.8. The minimum absolute atomic E-state index is 1.21. The first-order valence-corrected chi connectivity index (χ1v) is 20.1. The Kier molecular flexibility index (Phi) is 8.26. The quantitative estimate of drug-likeness (QED) is 0.149. The van der Waals surface area contributed by atoms with E-state index in [4.69, 9.17) is 0 Å². The van der Waals surface area contributed by atoms with Gasteiger partial charge in [-0.15, -0.1) is 0 Å². The van der Waals surface area contributed by atoms with Crippen LogP contribution < -0.4 is 0 Å². The molecule has 0 aliphatic rings. The minimum Gasteiger partial charge on any atom is -0.0622 e. The van der Waals surface area contributed by atoms with Gasteiger partial charge < -0.3 is 0 Å². The van der Waals surface area contributed by atoms with Crippen LogP contribution in [-0.2, 0) is 0 Å². The highest BCUT2D eigenvalue weighted by Crippen LogP contribution is 2.47. The largest absolute Gasteiger partial charge is 0.0622 e. The lowest BCUT2D eigenvalue weighted by Gasteiger charge is -2.20. The summed E-state index contributed by atoms with van der Waals surface area (Å²) in [5.74, 6) is 0. The number of rotatable bonds is 6. The summed E-state index contributed by atoms with van der Waals surface area (Å²) >= 11 is 0. The Morgan fingerprint density at radius 3 is 0.741 bits per heavy atom. The van der Waals surface area contributed by atoms with Gasteiger partial charge in [0.25, 0.3) is 0 Å². The van der Waals surface area contributed by atoms with Crippen LogP contribution in [0.15, 0.2) is 231 Å². The summed E-state index contributed by atoms with van der Waals surface area (Å²) in [6.45, 7) is 0. The summed E-state index contributed by atoms with van der Waals surface area (Å²) in [5.41, 5.74) is 14.7. The molecule has 0 aliphatic heterocycles. The van der Waals surface area contributed by atoms with Crippen LogP contribution in [0.2, 0.25) is 0 Å². The molecule has 0 fully saturated rings. The SMILES string of the molecule is c1ccc(-c2ccc3cc(-c4c5ccc(-c6ccccc6)cc5c(-c5ccc6cc(-c7ccccc7)ccc6c5)c5ccc(-c6ccccc6)cc45)ccc3c2)cc1. The topological polar surface area (TPSA) is 0 Å². The molecule has 0 unspecified atom stereocenters. The highest BCUT2D eigenvalue weighted by Gasteiger charge is 2.19. The van der Waals surface area contributed by atoms with E-state index >= 15 is 0 Å². The molecule has 11 aromatic rings. The monoisotopic (exact) mass is 734 g/mol. The summed E-state index contributed by atoms with van der Waals surface area (Å²) in [7, 11) is 0. The van der Waals surface area contributed by atoms with E-state index in [-0.39, 0.29) is 0 Å². The first-order valence-electron chi connectivity index (χ1n) is 20.1. The van der Waals surface area contributed by atoms with E-state index < -0.39 is 0 Å². The molecule has 0 atom stereocenters. The number of hydrogen-bond donors (Lipinski definition) is 0. The van der Waals surface area contributed by atoms with Crippen LogP contribution in [0.1, 0.15) is 0 Å². The second-order valence-corrected chi connectivity index (χ2v) is 15.3. The second-order valence-electron chi connectivity index (χ2n) is 15.3. The van der Waals surface area contributed by atoms with Crippen LogP contribution in [0.3, 0.4) is 0 Å². The second kappa shape index (κ2) is 14.2. The van der Waals surface area contributed by atoms with E-state index in [0.717, 1.165) is 0 Å². The van der Waals surface area contributed by atoms with Crippen molar-refractivity contribution in [1.29, 1.82) is 0 Å². The Balaban J connectivity index is 1.18. The van der Waals surface area contributed by atoms with E-state index in [0.29, 0.717) is 0 Å². The van der Waals surface area contributed by atoms with E-state index in [1.807, 2.05) is 0 Å². The Hall–Kier alpha value is -7.54. The molecule has 0 saturated carbocycles. The Bertz CT molecular complexity index is 3060. The molecule has 0 radical (unpaired) electrons. The van der Waals surface area contributed by atoms with E-state index in [1.54, 1.807) is 0 Å². The van der Waals surface area contributed by atoms with Crippen LogP contribution in [-0.4, -0.2) is 0 Å². The molecule has 0 aromatic heterocycles. The van der Waals surface area contributed by atoms with Crippen LogP contribution in [0.5, 0.6) is 0 Å². The van der Waals surface area contributed by atoms with Gasteiger partial charge in [0, 0.05) is 0 Å². The van der Waals surface area contributed by atoms with Gasteiger partial charge in [0.1, 0.15) is 0 Å². The molecule has 11 rings (SSSR count). The standard InChI is InChI=1S/C58H38/c1-5-13-39(14-6-1)43-21-23-47-35-51(27-25-45(47)33-43)57-53-31-29-50(42-19-11-4-12-20-42)38-56(53)58(54-32-30-49(37-55(54)57)41-17-9-3-10-18-41)52-28-26-46-34-44(22-24-48(46)36-52)40-15-7-2-8-16-40/h1-38H. The van der Waals surface area contributed by atoms with Crippen molar-refractivity contribution in [2.24, 2.45) is 0 Å². The van der Waals surface area contributed by atoms with Crippen LogP contribution in [0.4, 0.5) is 0 Å². The van der Waals surface area contributed by atoms with E-state index in [2.05, 4.69) is 231 Å². The van der Waals surface area contributed by atoms with Gasteiger partial charge in [0.15, 0.2) is 0 Å². The lowest BCUT2D eigenvalue weighted by atomic mass is 9.83. The smallest absolute Gasteiger partial charge is 0.00259 e. The molecule has 0 heteroatoms. The third kappa shape index (κ3) is 6.04. The van der Waals surface area contributed by atoms with Gasteiger partial charge in [-0.05, 0) is 146 Å². The summed E-state index contributed by atoms with van der Waals surface area (Å²) in [5, 5.41) is 9.90. The molecule has 0 saturated heterocycles. The summed E-state index contributed by atoms with van der Waals surface area (Å²) < 4.78 is 0. The molecule has 270 valence electrons. The molecule has 0 heterocycles. The maximum absolute atomic E-state index is 2.42. The minimum atomic E-state index is 1.21. The molecule has 58 heavy (non-hydrogen) atoms. The third-order valence-electron chi connectivity index (χ3n) is 11.8. The fraction of sp³-hybridized carbons (Fsp3) is 0. The van der Waals surface area contributed by atoms with Gasteiger partial charge in [-0.25, -0.2) is 0 Å². The van der Waals surface area contributed by atoms with Crippen molar-refractivity contribution in [2.75, 3.05) is 0 Å². The molecule has 0 spiro atoms. The van der Waals surface area contributed by atoms with Crippen molar-refractivity contribution in [3.05, 3.63) is 231 Å². The van der Waals surface area contributed by atoms with Gasteiger partial charge in [0.2, 0.25) is 0 Å². The lowest BCUT2D eigenvalue weighted by Crippen LogP contribution is -1.93. The summed E-state index contributed by atoms with van der Waals surface area (Å²) in [6.07, 6.45) is 0. The van der Waals surface area contributed by atoms with Crippen molar-refractivity contribution >= 4 is 43.1 Å². The number of hydrogen-bond acceptors (Lipinski definition) is 0. The third-order valence-corrected chi connectivity index (χ3v) is 11.8. The maximum Gasteiger partial charge on any atom is -0.00259 e. The Morgan fingerprint density at radius 2 is 0.414 bits per heavy atom. The van der Waals surface area contributed by atoms with Gasteiger partial charge in [-0.3, -0.25) is 0 Å². The summed E-state index contributed by atoms with van der Waals surface area (Å²) in [4.78, 5) is 0. The van der Waals surface area contributed by atoms with Crippen molar-refractivity contribution in [2.45, 2.75) is 0 Å². The Morgan fingerprint density at radius 1 is 0.155 bits per heavy atom. The number of fused-ring (bicyclic) bond motifs is 4. The normalized spacial score (nSPS) is 11.4. The predicted molar refractivity (Wildman–Crippen MR) is 249 cm³/mol. The molecular formula is C58H38. The van der Waals surface area contributed by atoms with Gasteiger partial charge in [-0.1, -0.05) is 194 Å². The van der Waals surface area contributed by atoms with Crippen molar-refractivity contribution in [3.63, 3.8) is 0 Å². The predicted octanol–water partition coefficient (Wildman–Crippen LogP) is 16.3. The highest BCUT2D eigenvalue weighted by atomic mass is 14.2. The average molecular weight is 735 g/mol. The van der Waals surface area contributed by atoms with Crippen LogP contribution in [0, 0.1) is 0 Å². The zero-order chi connectivity index (χ0) is 38.4. The van der Waals surface area contributed by atoms with Gasteiger partial charge >= 0.3 is 0 Å². The molecule has 0 N–H and O–H groups in total.